The lowest BCUT2D eigenvalue weighted by atomic mass is 9.65. The molecule has 5 heteroatoms. The van der Waals surface area contributed by atoms with Gasteiger partial charge in [0, 0.05) is 59.4 Å². The van der Waals surface area contributed by atoms with Gasteiger partial charge in [0.05, 0.1) is 11.0 Å². The molecule has 0 spiro atoms. The van der Waals surface area contributed by atoms with Crippen molar-refractivity contribution in [2.24, 2.45) is 5.41 Å². The number of para-hydroxylation sites is 3. The maximum atomic E-state index is 7.20. The SMILES string of the molecule is CC(C)c1cccc(C(C)C)c1-c1cc(Oc2ccc3c4ccccc4n(-c4cc(C(C)(C)C)ccn4)c3c2)cc([N+]23[CH-][N@+]2(c2cccc(C(C)(C)C(C)(C)C)c2)c2ccccc23)c1. The molecule has 0 saturated carbocycles. The molecule has 324 valence electrons. The third kappa shape index (κ3) is 6.22. The van der Waals surface area contributed by atoms with Crippen LogP contribution in [-0.2, 0) is 10.8 Å². The molecule has 2 atom stereocenters. The van der Waals surface area contributed by atoms with Gasteiger partial charge in [0.2, 0.25) is 11.4 Å². The lowest BCUT2D eigenvalue weighted by Gasteiger charge is -2.42. The highest BCUT2D eigenvalue weighted by Crippen LogP contribution is 2.75. The molecule has 64 heavy (non-hydrogen) atoms. The molecule has 0 bridgehead atoms. The summed E-state index contributed by atoms with van der Waals surface area (Å²) in [4.78, 5) is 4.95. The topological polar surface area (TPSA) is 27.1 Å². The Kier molecular flexibility index (Phi) is 9.51. The number of ether oxygens (including phenoxy) is 1. The van der Waals surface area contributed by atoms with Crippen molar-refractivity contribution >= 4 is 44.6 Å². The molecule has 2 aliphatic heterocycles. The summed E-state index contributed by atoms with van der Waals surface area (Å²) >= 11 is 0. The summed E-state index contributed by atoms with van der Waals surface area (Å²) < 4.78 is 10.7. The largest absolute Gasteiger partial charge is 0.457 e. The molecule has 0 radical (unpaired) electrons. The Morgan fingerprint density at radius 1 is 0.547 bits per heavy atom. The van der Waals surface area contributed by atoms with E-state index in [2.05, 4.69) is 234 Å². The van der Waals surface area contributed by atoms with E-state index in [1.54, 1.807) is 0 Å². The summed E-state index contributed by atoms with van der Waals surface area (Å²) in [6, 6.07) is 51.8. The van der Waals surface area contributed by atoms with Gasteiger partial charge >= 0.3 is 0 Å². The van der Waals surface area contributed by atoms with Gasteiger partial charge in [-0.2, -0.15) is 9.18 Å². The Balaban J connectivity index is 1.17. The highest BCUT2D eigenvalue weighted by atomic mass is 16.5. The van der Waals surface area contributed by atoms with E-state index < -0.39 is 0 Å². The summed E-state index contributed by atoms with van der Waals surface area (Å²) in [6.07, 6.45) is 1.94. The van der Waals surface area contributed by atoms with Crippen LogP contribution in [0, 0.1) is 12.1 Å². The smallest absolute Gasteiger partial charge is 0.225 e. The van der Waals surface area contributed by atoms with Gasteiger partial charge in [0.25, 0.3) is 0 Å². The van der Waals surface area contributed by atoms with Crippen molar-refractivity contribution in [1.82, 2.24) is 18.7 Å². The van der Waals surface area contributed by atoms with E-state index in [9.17, 15) is 0 Å². The molecule has 6 aromatic carbocycles. The Labute approximate surface area is 380 Å². The molecule has 0 aliphatic carbocycles. The number of rotatable bonds is 9. The molecular formula is C59H63N4O+. The van der Waals surface area contributed by atoms with Crippen LogP contribution in [0.5, 0.6) is 11.5 Å². The second-order valence-corrected chi connectivity index (χ2v) is 21.5. The van der Waals surface area contributed by atoms with Crippen LogP contribution in [0.4, 0.5) is 22.7 Å². The lowest BCUT2D eigenvalue weighted by Crippen LogP contribution is -2.46. The molecule has 4 heterocycles. The monoisotopic (exact) mass is 843 g/mol. The number of hydrogen-bond acceptors (Lipinski definition) is 2. The molecule has 10 rings (SSSR count). The summed E-state index contributed by atoms with van der Waals surface area (Å²) in [5, 5.41) is 2.36. The van der Waals surface area contributed by atoms with Crippen LogP contribution in [0.25, 0.3) is 38.8 Å². The number of benzene rings is 6. The van der Waals surface area contributed by atoms with E-state index in [4.69, 9.17) is 9.72 Å². The number of pyridine rings is 1. The maximum Gasteiger partial charge on any atom is 0.225 e. The first kappa shape index (κ1) is 42.0. The van der Waals surface area contributed by atoms with E-state index in [0.717, 1.165) is 28.4 Å². The van der Waals surface area contributed by atoms with Gasteiger partial charge in [-0.25, -0.2) is 4.98 Å². The van der Waals surface area contributed by atoms with Crippen LogP contribution in [-0.4, -0.2) is 9.55 Å². The van der Waals surface area contributed by atoms with Crippen LogP contribution >= 0.6 is 0 Å². The molecule has 0 N–H and O–H groups in total. The number of aromatic nitrogens is 2. The van der Waals surface area contributed by atoms with Gasteiger partial charge in [-0.15, -0.1) is 0 Å². The van der Waals surface area contributed by atoms with Gasteiger partial charge in [-0.05, 0) is 97.9 Å². The van der Waals surface area contributed by atoms with Gasteiger partial charge < -0.3 is 4.74 Å². The summed E-state index contributed by atoms with van der Waals surface area (Å²) in [5.74, 6) is 3.17. The Morgan fingerprint density at radius 2 is 1.19 bits per heavy atom. The van der Waals surface area contributed by atoms with E-state index in [0.29, 0.717) is 21.0 Å². The zero-order valence-electron chi connectivity index (χ0n) is 39.8. The van der Waals surface area contributed by atoms with Crippen molar-refractivity contribution < 1.29 is 4.74 Å². The Bertz CT molecular complexity index is 3110. The minimum Gasteiger partial charge on any atom is -0.457 e. The van der Waals surface area contributed by atoms with E-state index in [-0.39, 0.29) is 16.2 Å². The predicted octanol–water partition coefficient (Wildman–Crippen LogP) is 16.8. The standard InChI is InChI=1S/C59H63N4O/c1-38(2)47-22-18-23-48(39(3)4)56(47)40-31-44(63-37-62(63,53-25-15-16-26-54(53)63)43-20-17-19-42(33-43)59(11,12)58(8,9)10)35-46(32-40)64-45-27-28-50-49-21-13-14-24-51(49)61(52(50)36-45)55-34-41(29-30-60-55)57(5,6)7/h13-39H,1-12H3/q+1/t62-,63?/m0/s1. The second-order valence-electron chi connectivity index (χ2n) is 21.5. The number of fused-ring (bicyclic) bond motifs is 7. The van der Waals surface area contributed by atoms with Crippen molar-refractivity contribution in [2.75, 3.05) is 0 Å². The molecule has 0 amide bonds. The minimum atomic E-state index is -0.0373. The van der Waals surface area contributed by atoms with E-state index >= 15 is 0 Å². The number of quaternary nitrogens is 2. The zero-order chi connectivity index (χ0) is 45.1. The van der Waals surface area contributed by atoms with Gasteiger partial charge in [-0.1, -0.05) is 144 Å². The highest BCUT2D eigenvalue weighted by Gasteiger charge is 2.78. The first-order valence-electron chi connectivity index (χ1n) is 23.2. The fraction of sp³-hybridized carbons (Fsp3) is 0.288. The van der Waals surface area contributed by atoms with Crippen molar-refractivity contribution in [2.45, 2.75) is 106 Å². The van der Waals surface area contributed by atoms with Crippen molar-refractivity contribution in [1.29, 1.82) is 0 Å². The molecule has 2 aromatic heterocycles. The third-order valence-electron chi connectivity index (χ3n) is 14.9. The Morgan fingerprint density at radius 3 is 1.86 bits per heavy atom. The fourth-order valence-corrected chi connectivity index (χ4v) is 10.3. The molecule has 1 fully saturated rings. The minimum absolute atomic E-state index is 0.0167. The molecule has 1 saturated heterocycles. The second kappa shape index (κ2) is 14.5. The van der Waals surface area contributed by atoms with Gasteiger partial charge in [-0.3, -0.25) is 4.57 Å². The van der Waals surface area contributed by atoms with Crippen molar-refractivity contribution in [3.05, 3.63) is 175 Å². The molecule has 5 nitrogen and oxygen atoms in total. The maximum absolute atomic E-state index is 7.20. The molecule has 8 aromatic rings. The van der Waals surface area contributed by atoms with E-state index in [1.165, 1.54) is 66.9 Å². The highest BCUT2D eigenvalue weighted by molar-refractivity contribution is 6.09. The van der Waals surface area contributed by atoms with Crippen molar-refractivity contribution in [3.63, 3.8) is 0 Å². The van der Waals surface area contributed by atoms with Crippen LogP contribution in [0.2, 0.25) is 0 Å². The molecule has 2 aliphatic rings. The lowest BCUT2D eigenvalue weighted by molar-refractivity contribution is 0.225. The first-order valence-corrected chi connectivity index (χ1v) is 23.2. The first-order chi connectivity index (χ1) is 30.4. The van der Waals surface area contributed by atoms with Crippen LogP contribution in [0.15, 0.2) is 146 Å². The van der Waals surface area contributed by atoms with Crippen LogP contribution < -0.4 is 13.9 Å². The van der Waals surface area contributed by atoms with Gasteiger partial charge in [0.15, 0.2) is 18.0 Å². The Hall–Kier alpha value is -6.01. The zero-order valence-corrected chi connectivity index (χ0v) is 39.8. The quantitative estimate of drug-likeness (QED) is 0.0822. The summed E-state index contributed by atoms with van der Waals surface area (Å²) in [5.41, 5.74) is 15.0. The third-order valence-corrected chi connectivity index (χ3v) is 14.9. The summed E-state index contributed by atoms with van der Waals surface area (Å²) in [6.45, 7) is 30.3. The van der Waals surface area contributed by atoms with Crippen LogP contribution in [0.1, 0.15) is 117 Å². The summed E-state index contributed by atoms with van der Waals surface area (Å²) in [7, 11) is 0. The molecule has 1 unspecified atom stereocenters. The fourth-order valence-electron chi connectivity index (χ4n) is 10.3. The normalized spacial score (nSPS) is 18.3. The van der Waals surface area contributed by atoms with Gasteiger partial charge in [0.1, 0.15) is 17.3 Å². The van der Waals surface area contributed by atoms with Crippen LogP contribution in [0.3, 0.4) is 0 Å². The average Bonchev–Trinajstić information content (AvgIpc) is 3.76. The average molecular weight is 844 g/mol. The van der Waals surface area contributed by atoms with E-state index in [1.807, 2.05) is 6.20 Å². The predicted molar refractivity (Wildman–Crippen MR) is 270 cm³/mol. The number of hydrogen-bond donors (Lipinski definition) is 0. The molecular weight excluding hydrogens is 781 g/mol. The number of nitrogens with zero attached hydrogens (tertiary/aromatic N) is 4. The van der Waals surface area contributed by atoms with Crippen molar-refractivity contribution in [3.8, 4) is 28.4 Å².